The summed E-state index contributed by atoms with van der Waals surface area (Å²) in [4.78, 5) is 28.5. The Bertz CT molecular complexity index is 654. The van der Waals surface area contributed by atoms with Gasteiger partial charge in [0, 0.05) is 23.9 Å². The summed E-state index contributed by atoms with van der Waals surface area (Å²) in [5, 5.41) is 0. The summed E-state index contributed by atoms with van der Waals surface area (Å²) in [5.74, 6) is 0.657. The van der Waals surface area contributed by atoms with Gasteiger partial charge in [0.2, 0.25) is 5.56 Å². The van der Waals surface area contributed by atoms with E-state index in [1.165, 1.54) is 12.3 Å². The molecule has 2 aromatic rings. The van der Waals surface area contributed by atoms with E-state index in [9.17, 15) is 9.59 Å². The van der Waals surface area contributed by atoms with E-state index >= 15 is 0 Å². The van der Waals surface area contributed by atoms with Gasteiger partial charge in [-0.3, -0.25) is 9.59 Å². The maximum atomic E-state index is 12.7. The Balaban J connectivity index is 1.86. The molecule has 1 fully saturated rings. The average Bonchev–Trinajstić information content (AvgIpc) is 3.17. The first-order valence-corrected chi connectivity index (χ1v) is 7.26. The van der Waals surface area contributed by atoms with Gasteiger partial charge in [0.15, 0.2) is 0 Å². The molecule has 3 rings (SSSR count). The highest BCUT2D eigenvalue weighted by atomic mass is 16.3. The van der Waals surface area contributed by atoms with Crippen molar-refractivity contribution in [2.24, 2.45) is 0 Å². The van der Waals surface area contributed by atoms with Crippen LogP contribution in [0.2, 0.25) is 0 Å². The first-order valence-electron chi connectivity index (χ1n) is 7.26. The van der Waals surface area contributed by atoms with Gasteiger partial charge < -0.3 is 14.3 Å². The van der Waals surface area contributed by atoms with Crippen molar-refractivity contribution in [2.75, 3.05) is 0 Å². The van der Waals surface area contributed by atoms with Gasteiger partial charge in [-0.15, -0.1) is 0 Å². The molecule has 5 heteroatoms. The first kappa shape index (κ1) is 13.7. The van der Waals surface area contributed by atoms with E-state index in [4.69, 9.17) is 4.42 Å². The monoisotopic (exact) mass is 286 g/mol. The maximum Gasteiger partial charge on any atom is 0.254 e. The van der Waals surface area contributed by atoms with Crippen molar-refractivity contribution in [3.05, 3.63) is 58.4 Å². The second-order valence-electron chi connectivity index (χ2n) is 5.39. The Kier molecular flexibility index (Phi) is 3.90. The van der Waals surface area contributed by atoms with Crippen LogP contribution in [0.3, 0.4) is 0 Å². The number of H-pyrrole nitrogens is 1. The molecular weight excluding hydrogens is 268 g/mol. The number of amides is 1. The predicted octanol–water partition coefficient (Wildman–Crippen LogP) is 2.55. The van der Waals surface area contributed by atoms with E-state index in [1.54, 1.807) is 12.3 Å². The quantitative estimate of drug-likeness (QED) is 0.939. The van der Waals surface area contributed by atoms with Crippen molar-refractivity contribution in [1.29, 1.82) is 0 Å². The number of nitrogens with one attached hydrogen (secondary N) is 1. The summed E-state index contributed by atoms with van der Waals surface area (Å²) >= 11 is 0. The molecule has 0 spiro atoms. The van der Waals surface area contributed by atoms with Gasteiger partial charge in [0.1, 0.15) is 5.76 Å². The van der Waals surface area contributed by atoms with Crippen LogP contribution in [-0.2, 0) is 6.54 Å². The SMILES string of the molecule is O=C(c1cc[nH]c(=O)c1)N(Cc1ccco1)C1CCCC1. The predicted molar refractivity (Wildman–Crippen MR) is 77.9 cm³/mol. The van der Waals surface area contributed by atoms with E-state index in [2.05, 4.69) is 4.98 Å². The van der Waals surface area contributed by atoms with Gasteiger partial charge in [0.05, 0.1) is 12.8 Å². The third kappa shape index (κ3) is 3.07. The van der Waals surface area contributed by atoms with Crippen molar-refractivity contribution in [3.63, 3.8) is 0 Å². The minimum Gasteiger partial charge on any atom is -0.467 e. The second-order valence-corrected chi connectivity index (χ2v) is 5.39. The first-order chi connectivity index (χ1) is 10.2. The van der Waals surface area contributed by atoms with Gasteiger partial charge in [-0.2, -0.15) is 0 Å². The molecule has 21 heavy (non-hydrogen) atoms. The second kappa shape index (κ2) is 5.99. The highest BCUT2D eigenvalue weighted by Crippen LogP contribution is 2.26. The number of carbonyl (C=O) groups excluding carboxylic acids is 1. The van der Waals surface area contributed by atoms with Crippen LogP contribution in [-0.4, -0.2) is 21.8 Å². The fraction of sp³-hybridized carbons (Fsp3) is 0.375. The summed E-state index contributed by atoms with van der Waals surface area (Å²) < 4.78 is 5.37. The normalized spacial score (nSPS) is 15.2. The number of rotatable bonds is 4. The fourth-order valence-electron chi connectivity index (χ4n) is 2.90. The molecule has 2 aromatic heterocycles. The number of aromatic amines is 1. The third-order valence-electron chi connectivity index (χ3n) is 3.95. The summed E-state index contributed by atoms with van der Waals surface area (Å²) in [6.45, 7) is 0.448. The summed E-state index contributed by atoms with van der Waals surface area (Å²) in [7, 11) is 0. The van der Waals surface area contributed by atoms with Crippen molar-refractivity contribution < 1.29 is 9.21 Å². The molecule has 1 N–H and O–H groups in total. The van der Waals surface area contributed by atoms with Crippen molar-refractivity contribution in [3.8, 4) is 0 Å². The zero-order valence-corrected chi connectivity index (χ0v) is 11.7. The lowest BCUT2D eigenvalue weighted by Gasteiger charge is -2.28. The highest BCUT2D eigenvalue weighted by molar-refractivity contribution is 5.94. The molecule has 0 bridgehead atoms. The van der Waals surface area contributed by atoms with E-state index in [-0.39, 0.29) is 17.5 Å². The van der Waals surface area contributed by atoms with Crippen LogP contribution in [0.15, 0.2) is 45.9 Å². The van der Waals surface area contributed by atoms with Gasteiger partial charge >= 0.3 is 0 Å². The van der Waals surface area contributed by atoms with Crippen LogP contribution in [0.25, 0.3) is 0 Å². The molecule has 2 heterocycles. The third-order valence-corrected chi connectivity index (χ3v) is 3.95. The molecule has 0 aromatic carbocycles. The number of pyridine rings is 1. The maximum absolute atomic E-state index is 12.7. The summed E-state index contributed by atoms with van der Waals surface area (Å²) in [6.07, 6.45) is 7.42. The van der Waals surface area contributed by atoms with Crippen molar-refractivity contribution in [2.45, 2.75) is 38.3 Å². The van der Waals surface area contributed by atoms with Crippen molar-refractivity contribution in [1.82, 2.24) is 9.88 Å². The molecule has 0 unspecified atom stereocenters. The lowest BCUT2D eigenvalue weighted by molar-refractivity contribution is 0.0648. The van der Waals surface area contributed by atoms with Gasteiger partial charge in [-0.1, -0.05) is 12.8 Å². The van der Waals surface area contributed by atoms with Crippen LogP contribution in [0.5, 0.6) is 0 Å². The Morgan fingerprint density at radius 1 is 1.33 bits per heavy atom. The molecule has 0 aliphatic heterocycles. The molecule has 1 aliphatic rings. The highest BCUT2D eigenvalue weighted by Gasteiger charge is 2.28. The van der Waals surface area contributed by atoms with Crippen LogP contribution in [0.4, 0.5) is 0 Å². The van der Waals surface area contributed by atoms with Crippen LogP contribution in [0.1, 0.15) is 41.8 Å². The lowest BCUT2D eigenvalue weighted by atomic mass is 10.1. The molecule has 0 radical (unpaired) electrons. The number of furan rings is 1. The Morgan fingerprint density at radius 3 is 2.81 bits per heavy atom. The molecule has 1 aliphatic carbocycles. The smallest absolute Gasteiger partial charge is 0.254 e. The molecule has 5 nitrogen and oxygen atoms in total. The molecule has 1 amide bonds. The number of nitrogens with zero attached hydrogens (tertiary/aromatic N) is 1. The largest absolute Gasteiger partial charge is 0.467 e. The van der Waals surface area contributed by atoms with E-state index in [0.717, 1.165) is 31.4 Å². The molecule has 110 valence electrons. The zero-order chi connectivity index (χ0) is 14.7. The van der Waals surface area contributed by atoms with Crippen LogP contribution < -0.4 is 5.56 Å². The molecule has 0 saturated heterocycles. The number of hydrogen-bond donors (Lipinski definition) is 1. The Hall–Kier alpha value is -2.30. The Labute approximate surface area is 122 Å². The minimum atomic E-state index is -0.259. The Morgan fingerprint density at radius 2 is 2.14 bits per heavy atom. The average molecular weight is 286 g/mol. The number of hydrogen-bond acceptors (Lipinski definition) is 3. The van der Waals surface area contributed by atoms with Crippen LogP contribution >= 0.6 is 0 Å². The standard InChI is InChI=1S/C16H18N2O3/c19-15-10-12(7-8-17-15)16(20)18(13-4-1-2-5-13)11-14-6-3-9-21-14/h3,6-10,13H,1-2,4-5,11H2,(H,17,19). The van der Waals surface area contributed by atoms with Crippen LogP contribution in [0, 0.1) is 0 Å². The van der Waals surface area contributed by atoms with E-state index in [0.29, 0.717) is 12.1 Å². The minimum absolute atomic E-state index is 0.107. The lowest BCUT2D eigenvalue weighted by Crippen LogP contribution is -2.38. The zero-order valence-electron chi connectivity index (χ0n) is 11.7. The molecule has 0 atom stereocenters. The molecular formula is C16H18N2O3. The summed E-state index contributed by atoms with van der Waals surface area (Å²) in [6, 6.07) is 6.91. The topological polar surface area (TPSA) is 66.3 Å². The van der Waals surface area contributed by atoms with E-state index < -0.39 is 0 Å². The molecule has 1 saturated carbocycles. The fourth-order valence-corrected chi connectivity index (χ4v) is 2.90. The summed E-state index contributed by atoms with van der Waals surface area (Å²) in [5.41, 5.74) is 0.169. The number of aromatic nitrogens is 1. The van der Waals surface area contributed by atoms with Gasteiger partial charge in [-0.25, -0.2) is 0 Å². The van der Waals surface area contributed by atoms with Gasteiger partial charge in [0.25, 0.3) is 5.91 Å². The van der Waals surface area contributed by atoms with Gasteiger partial charge in [-0.05, 0) is 31.0 Å². The van der Waals surface area contributed by atoms with E-state index in [1.807, 2.05) is 17.0 Å². The number of carbonyl (C=O) groups is 1. The van der Waals surface area contributed by atoms with Crippen molar-refractivity contribution >= 4 is 5.91 Å².